The predicted molar refractivity (Wildman–Crippen MR) is 64.3 cm³/mol. The normalized spacial score (nSPS) is 16.2. The Balaban J connectivity index is 2.25. The van der Waals surface area contributed by atoms with Gasteiger partial charge in [0.05, 0.1) is 11.0 Å². The standard InChI is InChI=1S/C12H12FN3O/c13-8-1-2-11-10(7-8)15-12(17)16(11)9-3-5-14-6-4-9/h1-3,7,14H,4-6H2,(H,15,17). The van der Waals surface area contributed by atoms with E-state index in [1.807, 2.05) is 6.08 Å². The van der Waals surface area contributed by atoms with Crippen LogP contribution in [-0.2, 0) is 0 Å². The summed E-state index contributed by atoms with van der Waals surface area (Å²) >= 11 is 0. The zero-order valence-corrected chi connectivity index (χ0v) is 9.16. The molecule has 1 aromatic heterocycles. The largest absolute Gasteiger partial charge is 0.330 e. The molecule has 1 aliphatic rings. The first kappa shape index (κ1) is 10.3. The molecule has 0 aliphatic carbocycles. The average molecular weight is 233 g/mol. The molecule has 2 aromatic rings. The Kier molecular flexibility index (Phi) is 2.33. The first-order valence-electron chi connectivity index (χ1n) is 5.56. The molecule has 0 amide bonds. The van der Waals surface area contributed by atoms with E-state index in [-0.39, 0.29) is 11.5 Å². The number of rotatable bonds is 1. The highest BCUT2D eigenvalue weighted by atomic mass is 19.1. The third-order valence-corrected chi connectivity index (χ3v) is 2.97. The molecule has 1 aromatic carbocycles. The molecule has 0 radical (unpaired) electrons. The number of aromatic amines is 1. The van der Waals surface area contributed by atoms with Crippen LogP contribution >= 0.6 is 0 Å². The first-order valence-corrected chi connectivity index (χ1v) is 5.56. The van der Waals surface area contributed by atoms with E-state index in [1.165, 1.54) is 12.1 Å². The molecule has 2 N–H and O–H groups in total. The topological polar surface area (TPSA) is 49.8 Å². The van der Waals surface area contributed by atoms with Crippen molar-refractivity contribution in [2.24, 2.45) is 0 Å². The number of benzene rings is 1. The van der Waals surface area contributed by atoms with Crippen molar-refractivity contribution in [3.05, 3.63) is 40.6 Å². The lowest BCUT2D eigenvalue weighted by Crippen LogP contribution is -2.25. The van der Waals surface area contributed by atoms with Gasteiger partial charge in [-0.2, -0.15) is 0 Å². The zero-order valence-electron chi connectivity index (χ0n) is 9.16. The summed E-state index contributed by atoms with van der Waals surface area (Å²) in [4.78, 5) is 14.5. The van der Waals surface area contributed by atoms with Gasteiger partial charge in [0.25, 0.3) is 0 Å². The second-order valence-corrected chi connectivity index (χ2v) is 4.08. The number of nitrogens with one attached hydrogen (secondary N) is 2. The summed E-state index contributed by atoms with van der Waals surface area (Å²) in [5.74, 6) is -0.342. The molecule has 2 heterocycles. The molecule has 0 unspecified atom stereocenters. The molecular weight excluding hydrogens is 221 g/mol. The van der Waals surface area contributed by atoms with Gasteiger partial charge in [-0.3, -0.25) is 4.57 Å². The number of hydrogen-bond donors (Lipinski definition) is 2. The van der Waals surface area contributed by atoms with Crippen LogP contribution in [-0.4, -0.2) is 22.6 Å². The van der Waals surface area contributed by atoms with Gasteiger partial charge in [-0.1, -0.05) is 6.08 Å². The van der Waals surface area contributed by atoms with Crippen LogP contribution < -0.4 is 11.0 Å². The van der Waals surface area contributed by atoms with Gasteiger partial charge in [0, 0.05) is 25.2 Å². The average Bonchev–Trinajstić information content (AvgIpc) is 2.65. The monoisotopic (exact) mass is 233 g/mol. The second kappa shape index (κ2) is 3.85. The van der Waals surface area contributed by atoms with Gasteiger partial charge >= 0.3 is 5.69 Å². The molecule has 3 rings (SSSR count). The van der Waals surface area contributed by atoms with Crippen LogP contribution in [0.25, 0.3) is 16.7 Å². The van der Waals surface area contributed by atoms with Crippen molar-refractivity contribution in [1.29, 1.82) is 0 Å². The summed E-state index contributed by atoms with van der Waals surface area (Å²) < 4.78 is 14.7. The molecule has 0 saturated heterocycles. The quantitative estimate of drug-likeness (QED) is 0.780. The Morgan fingerprint density at radius 1 is 1.35 bits per heavy atom. The van der Waals surface area contributed by atoms with Crippen LogP contribution in [0.3, 0.4) is 0 Å². The van der Waals surface area contributed by atoms with Crippen molar-refractivity contribution in [2.45, 2.75) is 6.42 Å². The molecule has 17 heavy (non-hydrogen) atoms. The van der Waals surface area contributed by atoms with E-state index in [0.29, 0.717) is 5.52 Å². The molecule has 0 spiro atoms. The van der Waals surface area contributed by atoms with Crippen LogP contribution in [0.4, 0.5) is 4.39 Å². The Labute approximate surface area is 96.8 Å². The van der Waals surface area contributed by atoms with Crippen molar-refractivity contribution >= 4 is 16.7 Å². The van der Waals surface area contributed by atoms with Crippen molar-refractivity contribution in [3.8, 4) is 0 Å². The van der Waals surface area contributed by atoms with E-state index in [2.05, 4.69) is 10.3 Å². The fraction of sp³-hybridized carbons (Fsp3) is 0.250. The third-order valence-electron chi connectivity index (χ3n) is 2.97. The molecule has 0 fully saturated rings. The van der Waals surface area contributed by atoms with Crippen molar-refractivity contribution in [3.63, 3.8) is 0 Å². The van der Waals surface area contributed by atoms with Gasteiger partial charge in [0.1, 0.15) is 5.82 Å². The van der Waals surface area contributed by atoms with Crippen molar-refractivity contribution in [2.75, 3.05) is 13.1 Å². The van der Waals surface area contributed by atoms with E-state index >= 15 is 0 Å². The summed E-state index contributed by atoms with van der Waals surface area (Å²) in [5, 5.41) is 3.19. The molecule has 1 aliphatic heterocycles. The fourth-order valence-corrected chi connectivity index (χ4v) is 2.18. The van der Waals surface area contributed by atoms with Gasteiger partial charge in [0.15, 0.2) is 0 Å². The van der Waals surface area contributed by atoms with E-state index in [0.717, 1.165) is 30.7 Å². The molecule has 0 saturated carbocycles. The van der Waals surface area contributed by atoms with Crippen LogP contribution in [0.2, 0.25) is 0 Å². The van der Waals surface area contributed by atoms with Gasteiger partial charge in [-0.15, -0.1) is 0 Å². The summed E-state index contributed by atoms with van der Waals surface area (Å²) in [7, 11) is 0. The number of hydrogen-bond acceptors (Lipinski definition) is 2. The highest BCUT2D eigenvalue weighted by molar-refractivity contribution is 5.79. The minimum absolute atomic E-state index is 0.209. The molecule has 5 heteroatoms. The summed E-state index contributed by atoms with van der Waals surface area (Å²) in [6.07, 6.45) is 2.78. The number of fused-ring (bicyclic) bond motifs is 1. The fourth-order valence-electron chi connectivity index (χ4n) is 2.18. The van der Waals surface area contributed by atoms with E-state index in [4.69, 9.17) is 0 Å². The van der Waals surface area contributed by atoms with E-state index < -0.39 is 0 Å². The molecule has 0 bridgehead atoms. The third kappa shape index (κ3) is 1.68. The lowest BCUT2D eigenvalue weighted by Gasteiger charge is -2.14. The Morgan fingerprint density at radius 2 is 2.24 bits per heavy atom. The van der Waals surface area contributed by atoms with Crippen LogP contribution in [0.1, 0.15) is 6.42 Å². The van der Waals surface area contributed by atoms with E-state index in [9.17, 15) is 9.18 Å². The lowest BCUT2D eigenvalue weighted by molar-refractivity contribution is 0.629. The van der Waals surface area contributed by atoms with Gasteiger partial charge in [0.2, 0.25) is 0 Å². The van der Waals surface area contributed by atoms with Crippen molar-refractivity contribution < 1.29 is 4.39 Å². The number of aromatic nitrogens is 2. The smallest absolute Gasteiger partial charge is 0.313 e. The number of imidazole rings is 1. The van der Waals surface area contributed by atoms with Crippen LogP contribution in [0.5, 0.6) is 0 Å². The van der Waals surface area contributed by atoms with Crippen LogP contribution in [0, 0.1) is 5.82 Å². The van der Waals surface area contributed by atoms with Gasteiger partial charge < -0.3 is 10.3 Å². The highest BCUT2D eigenvalue weighted by Crippen LogP contribution is 2.18. The molecule has 88 valence electrons. The first-order chi connectivity index (χ1) is 8.25. The lowest BCUT2D eigenvalue weighted by atomic mass is 10.2. The summed E-state index contributed by atoms with van der Waals surface area (Å²) in [6.45, 7) is 1.61. The number of nitrogens with zero attached hydrogens (tertiary/aromatic N) is 1. The maximum atomic E-state index is 13.1. The SMILES string of the molecule is O=c1[nH]c2cc(F)ccc2n1C1=CCNCC1. The molecule has 0 atom stereocenters. The second-order valence-electron chi connectivity index (χ2n) is 4.08. The minimum Gasteiger partial charge on any atom is -0.313 e. The zero-order chi connectivity index (χ0) is 11.8. The molecule has 4 nitrogen and oxygen atoms in total. The maximum absolute atomic E-state index is 13.1. The highest BCUT2D eigenvalue weighted by Gasteiger charge is 2.12. The van der Waals surface area contributed by atoms with Gasteiger partial charge in [-0.25, -0.2) is 9.18 Å². The Morgan fingerprint density at radius 3 is 3.00 bits per heavy atom. The number of halogens is 1. The number of H-pyrrole nitrogens is 1. The Bertz CT molecular complexity index is 653. The Hall–Kier alpha value is -1.88. The summed E-state index contributed by atoms with van der Waals surface area (Å²) in [5.41, 5.74) is 2.02. The van der Waals surface area contributed by atoms with Crippen molar-refractivity contribution in [1.82, 2.24) is 14.9 Å². The summed E-state index contributed by atoms with van der Waals surface area (Å²) in [6, 6.07) is 4.34. The predicted octanol–water partition coefficient (Wildman–Crippen LogP) is 1.30. The van der Waals surface area contributed by atoms with Gasteiger partial charge in [-0.05, 0) is 18.2 Å². The molecular formula is C12H12FN3O. The minimum atomic E-state index is -0.342. The van der Waals surface area contributed by atoms with E-state index in [1.54, 1.807) is 10.6 Å². The maximum Gasteiger partial charge on any atom is 0.330 e. The van der Waals surface area contributed by atoms with Crippen LogP contribution in [0.15, 0.2) is 29.1 Å².